The molecule has 0 bridgehead atoms. The van der Waals surface area contributed by atoms with Gasteiger partial charge >= 0.3 is 23.9 Å². The number of nitrogens with zero attached hydrogens (tertiary/aromatic N) is 5. The van der Waals surface area contributed by atoms with Gasteiger partial charge in [-0.2, -0.15) is 0 Å². The summed E-state index contributed by atoms with van der Waals surface area (Å²) in [7, 11) is 0. The lowest BCUT2D eigenvalue weighted by Crippen LogP contribution is -2.60. The van der Waals surface area contributed by atoms with Crippen molar-refractivity contribution in [2.24, 2.45) is 11.1 Å². The number of thioether (sulfide) groups is 1. The zero-order valence-corrected chi connectivity index (χ0v) is 28.0. The monoisotopic (exact) mass is 757 g/mol. The number of anilines is 1. The number of hydrazine groups is 1. The molecule has 3 saturated heterocycles. The Morgan fingerprint density at radius 2 is 1.90 bits per heavy atom. The number of oxime groups is 1. The smallest absolute Gasteiger partial charge is 0.350 e. The maximum atomic E-state index is 14.4. The number of Topliss-reactive ketones (excluding diaryl/α,β-unsaturated/α-hetero) is 2. The maximum absolute atomic E-state index is 14.4. The number of aliphatic carboxylic acids is 2. The molecule has 4 heterocycles. The fourth-order valence-electron chi connectivity index (χ4n) is 5.15. The van der Waals surface area contributed by atoms with E-state index in [1.165, 1.54) is 19.2 Å². The number of β-lactam (4-membered cyclic amide) rings is 1. The molecule has 0 aliphatic carbocycles. The number of nitrogens with two attached hydrogens (primary N) is 1. The summed E-state index contributed by atoms with van der Waals surface area (Å²) >= 11 is 7.37. The molecule has 1 unspecified atom stereocenters. The van der Waals surface area contributed by atoms with Crippen molar-refractivity contribution in [3.05, 3.63) is 33.5 Å². The number of amides is 4. The van der Waals surface area contributed by atoms with Crippen molar-refractivity contribution in [1.29, 1.82) is 0 Å². The number of carboxylic acid groups (broad SMARTS) is 2. The van der Waals surface area contributed by atoms with E-state index in [9.17, 15) is 58.4 Å². The zero-order valence-electron chi connectivity index (χ0n) is 25.6. The Labute approximate surface area is 292 Å². The molecule has 3 aliphatic heterocycles. The van der Waals surface area contributed by atoms with Crippen LogP contribution in [0.5, 0.6) is 11.5 Å². The first-order chi connectivity index (χ1) is 23.3. The molecule has 50 heavy (non-hydrogen) atoms. The van der Waals surface area contributed by atoms with Gasteiger partial charge in [0.25, 0.3) is 5.78 Å². The second-order valence-corrected chi connectivity index (χ2v) is 14.1. The Bertz CT molecular complexity index is 1910. The highest BCUT2D eigenvalue weighted by Crippen LogP contribution is 2.53. The number of rotatable bonds is 12. The molecule has 0 saturated carbocycles. The summed E-state index contributed by atoms with van der Waals surface area (Å²) in [5, 5.41) is 42.7. The van der Waals surface area contributed by atoms with Crippen molar-refractivity contribution >= 4 is 86.9 Å². The summed E-state index contributed by atoms with van der Waals surface area (Å²) < 4.78 is 14.4. The van der Waals surface area contributed by atoms with Crippen LogP contribution in [0.1, 0.15) is 36.3 Å². The van der Waals surface area contributed by atoms with E-state index in [0.29, 0.717) is 22.8 Å². The molecule has 1 aromatic heterocycles. The Morgan fingerprint density at radius 3 is 2.50 bits per heavy atom. The van der Waals surface area contributed by atoms with Gasteiger partial charge in [-0.1, -0.05) is 28.5 Å². The highest BCUT2D eigenvalue weighted by molar-refractivity contribution is 8.02. The van der Waals surface area contributed by atoms with E-state index in [0.717, 1.165) is 21.1 Å². The average molecular weight is 758 g/mol. The molecule has 7 N–H and O–H groups in total. The minimum Gasteiger partial charge on any atom is -0.504 e. The highest BCUT2D eigenvalue weighted by atomic mass is 35.5. The fraction of sp³-hybridized carbons (Fsp3) is 0.370. The highest BCUT2D eigenvalue weighted by Gasteiger charge is 2.66. The number of aromatic nitrogens is 1. The standard InChI is InChI=1S/C27H25ClFN7O12S2/c1-26(2,22(43)44)48-33-16(11-7-49-24(30)31-11)12(37)5-9-20(42)34-8-27(23(45)46,50-21(9)34)35-3-4-36(25(35)47)32-19(41)18(40)14-10(29)6-13(38)17(39)15(14)28/h6-7,9,21,38-39H,3-5,8H2,1-2H3,(H2,30,31)(H,32,41)(H,43,44)(H,45,46)/b33-16-/t9?,21-,27-/m1/s1. The first-order valence-corrected chi connectivity index (χ1v) is 16.2. The number of phenolic OH excluding ortho intramolecular Hbond substituents is 2. The fourth-order valence-corrected chi connectivity index (χ4v) is 7.66. The normalized spacial score (nSPS) is 21.9. The maximum Gasteiger partial charge on any atom is 0.350 e. The van der Waals surface area contributed by atoms with Crippen molar-refractivity contribution in [1.82, 2.24) is 25.2 Å². The number of urea groups is 1. The second kappa shape index (κ2) is 12.9. The van der Waals surface area contributed by atoms with Gasteiger partial charge in [0.15, 0.2) is 28.1 Å². The lowest BCUT2D eigenvalue weighted by Gasteiger charge is -2.40. The van der Waals surface area contributed by atoms with Crippen LogP contribution in [0, 0.1) is 11.7 Å². The van der Waals surface area contributed by atoms with Gasteiger partial charge < -0.3 is 35.9 Å². The van der Waals surface area contributed by atoms with Gasteiger partial charge in [0, 0.05) is 24.4 Å². The van der Waals surface area contributed by atoms with Gasteiger partial charge in [-0.3, -0.25) is 29.5 Å². The van der Waals surface area contributed by atoms with Crippen LogP contribution in [0.4, 0.5) is 14.3 Å². The summed E-state index contributed by atoms with van der Waals surface area (Å²) in [6.45, 7) is 1.18. The summed E-state index contributed by atoms with van der Waals surface area (Å²) in [4.78, 5) is 98.5. The van der Waals surface area contributed by atoms with Crippen molar-refractivity contribution in [2.75, 3.05) is 25.4 Å². The number of nitrogen functional groups attached to an aromatic ring is 1. The molecule has 266 valence electrons. The third kappa shape index (κ3) is 6.08. The minimum absolute atomic E-state index is 0.0446. The molecule has 3 fully saturated rings. The third-order valence-corrected chi connectivity index (χ3v) is 10.7. The first-order valence-electron chi connectivity index (χ1n) is 14.1. The van der Waals surface area contributed by atoms with Crippen LogP contribution < -0.4 is 11.2 Å². The third-order valence-electron chi connectivity index (χ3n) is 7.89. The van der Waals surface area contributed by atoms with Gasteiger partial charge in [-0.25, -0.2) is 28.8 Å². The topological polar surface area (TPSA) is 283 Å². The number of ketones is 2. The average Bonchev–Trinajstić information content (AvgIpc) is 3.74. The molecular formula is C27H25ClFN7O12S2. The molecular weight excluding hydrogens is 733 g/mol. The molecule has 19 nitrogen and oxygen atoms in total. The van der Waals surface area contributed by atoms with Crippen molar-refractivity contribution in [2.45, 2.75) is 36.1 Å². The number of hydrogen-bond donors (Lipinski definition) is 6. The van der Waals surface area contributed by atoms with Crippen molar-refractivity contribution in [3.63, 3.8) is 0 Å². The number of carboxylic acids is 2. The number of thiazole rings is 1. The summed E-state index contributed by atoms with van der Waals surface area (Å²) in [6, 6.07) is -0.752. The Morgan fingerprint density at radius 1 is 1.22 bits per heavy atom. The Hall–Kier alpha value is -5.22. The molecule has 4 amide bonds. The van der Waals surface area contributed by atoms with Gasteiger partial charge in [0.05, 0.1) is 29.9 Å². The minimum atomic E-state index is -2.11. The van der Waals surface area contributed by atoms with Crippen LogP contribution >= 0.6 is 34.7 Å². The van der Waals surface area contributed by atoms with Crippen LogP contribution in [0.3, 0.4) is 0 Å². The van der Waals surface area contributed by atoms with Gasteiger partial charge in [0.2, 0.25) is 16.4 Å². The number of hydrogen-bond acceptors (Lipinski definition) is 15. The molecule has 0 radical (unpaired) electrons. The molecule has 0 spiro atoms. The molecule has 3 aliphatic rings. The lowest BCUT2D eigenvalue weighted by molar-refractivity contribution is -0.161. The number of carbonyl (C=O) groups is 7. The van der Waals surface area contributed by atoms with Gasteiger partial charge in [0.1, 0.15) is 16.5 Å². The Balaban J connectivity index is 1.31. The number of nitrogens with one attached hydrogen (secondary N) is 1. The van der Waals surface area contributed by atoms with E-state index in [-0.39, 0.29) is 23.9 Å². The van der Waals surface area contributed by atoms with Crippen LogP contribution in [0.15, 0.2) is 16.6 Å². The summed E-state index contributed by atoms with van der Waals surface area (Å²) in [6.07, 6.45) is -0.528. The molecule has 2 aromatic rings. The molecule has 3 atom stereocenters. The largest absolute Gasteiger partial charge is 0.504 e. The quantitative estimate of drug-likeness (QED) is 0.0428. The van der Waals surface area contributed by atoms with E-state index < -0.39 is 110 Å². The molecule has 23 heteroatoms. The number of phenols is 2. The number of aromatic hydroxyl groups is 2. The Kier molecular flexibility index (Phi) is 9.31. The van der Waals surface area contributed by atoms with E-state index in [2.05, 4.69) is 10.1 Å². The SMILES string of the molecule is CC(C)(O/N=C(\C(=O)CC1C(=O)N2C[C@@](C(=O)O)(N3CCN(NC(=O)C(=O)c4c(F)cc(O)c(O)c4Cl)C3=O)S[C@H]12)c1csc(N)n1)C(=O)O. The zero-order chi connectivity index (χ0) is 37.0. The van der Waals surface area contributed by atoms with Crippen molar-refractivity contribution in [3.8, 4) is 11.5 Å². The van der Waals surface area contributed by atoms with Crippen molar-refractivity contribution < 1.29 is 63.2 Å². The predicted molar refractivity (Wildman–Crippen MR) is 168 cm³/mol. The van der Waals surface area contributed by atoms with E-state index in [4.69, 9.17) is 22.2 Å². The lowest BCUT2D eigenvalue weighted by atomic mass is 9.90. The first kappa shape index (κ1) is 36.1. The van der Waals surface area contributed by atoms with Gasteiger partial charge in [-0.05, 0) is 13.8 Å². The second-order valence-electron chi connectivity index (χ2n) is 11.5. The number of benzene rings is 1. The number of carbonyl (C=O) groups excluding carboxylic acids is 5. The van der Waals surface area contributed by atoms with Crippen LogP contribution in [0.2, 0.25) is 5.02 Å². The molecule has 1 aromatic carbocycles. The summed E-state index contributed by atoms with van der Waals surface area (Å²) in [5.74, 6) is -12.2. The van der Waals surface area contributed by atoms with Crippen LogP contribution in [0.25, 0.3) is 0 Å². The van der Waals surface area contributed by atoms with Gasteiger partial charge in [-0.15, -0.1) is 11.3 Å². The van der Waals surface area contributed by atoms with Crippen LogP contribution in [-0.4, -0.2) is 123 Å². The van der Waals surface area contributed by atoms with Crippen LogP contribution in [-0.2, 0) is 28.8 Å². The number of fused-ring (bicyclic) bond motifs is 1. The molecule has 5 rings (SSSR count). The van der Waals surface area contributed by atoms with E-state index in [1.807, 2.05) is 5.43 Å². The van der Waals surface area contributed by atoms with E-state index >= 15 is 0 Å². The summed E-state index contributed by atoms with van der Waals surface area (Å²) in [5.41, 5.74) is 4.21. The van der Waals surface area contributed by atoms with E-state index in [1.54, 1.807) is 0 Å². The predicted octanol–water partition coefficient (Wildman–Crippen LogP) is 0.436. The number of halogens is 2.